The molecule has 1 aliphatic rings. The topological polar surface area (TPSA) is 114 Å². The third kappa shape index (κ3) is 4.94. The molecule has 0 bridgehead atoms. The number of nitrogens with zero attached hydrogens (tertiary/aromatic N) is 8. The summed E-state index contributed by atoms with van der Waals surface area (Å²) in [6.45, 7) is 3.36. The molecule has 1 N–H and O–H groups in total. The van der Waals surface area contributed by atoms with Crippen molar-refractivity contribution >= 4 is 45.2 Å². The van der Waals surface area contributed by atoms with Crippen LogP contribution < -0.4 is 15.0 Å². The highest BCUT2D eigenvalue weighted by Crippen LogP contribution is 2.32. The second-order valence-electron chi connectivity index (χ2n) is 10.1. The van der Waals surface area contributed by atoms with Crippen LogP contribution in [0.3, 0.4) is 0 Å². The molecule has 1 fully saturated rings. The number of hydrogen-bond donors (Lipinski definition) is 1. The Hall–Kier alpha value is -4.90. The first kappa shape index (κ1) is 25.4. The highest BCUT2D eigenvalue weighted by atomic mass is 16.5. The molecule has 1 amide bonds. The molecule has 3 aromatic heterocycles. The predicted octanol–water partition coefficient (Wildman–Crippen LogP) is 4.31. The molecular weight excluding hydrogens is 506 g/mol. The lowest BCUT2D eigenvalue weighted by Crippen LogP contribution is -2.26. The van der Waals surface area contributed by atoms with E-state index in [4.69, 9.17) is 4.74 Å². The summed E-state index contributed by atoms with van der Waals surface area (Å²) in [5.41, 5.74) is 4.04. The van der Waals surface area contributed by atoms with Gasteiger partial charge in [0.2, 0.25) is 0 Å². The lowest BCUT2D eigenvalue weighted by molar-refractivity contribution is -0.114. The maximum atomic E-state index is 13.2. The predicted molar refractivity (Wildman–Crippen MR) is 154 cm³/mol. The largest absolute Gasteiger partial charge is 0.457 e. The molecule has 0 radical (unpaired) electrons. The van der Waals surface area contributed by atoms with E-state index < -0.39 is 0 Å². The third-order valence-electron chi connectivity index (χ3n) is 6.87. The van der Waals surface area contributed by atoms with E-state index in [-0.39, 0.29) is 11.8 Å². The van der Waals surface area contributed by atoms with E-state index >= 15 is 0 Å². The lowest BCUT2D eigenvalue weighted by atomic mass is 10.0. The number of pyridine rings is 1. The molecule has 1 unspecified atom stereocenters. The van der Waals surface area contributed by atoms with Crippen molar-refractivity contribution in [2.45, 2.75) is 6.92 Å². The number of fused-ring (bicyclic) bond motifs is 2. The first-order valence-electron chi connectivity index (χ1n) is 13.0. The number of benzene rings is 2. The van der Waals surface area contributed by atoms with Crippen LogP contribution in [-0.2, 0) is 11.8 Å². The van der Waals surface area contributed by atoms with Gasteiger partial charge in [-0.15, -0.1) is 5.10 Å². The van der Waals surface area contributed by atoms with Gasteiger partial charge in [0.15, 0.2) is 0 Å². The number of carbonyl (C=O) groups is 1. The Morgan fingerprint density at radius 3 is 2.65 bits per heavy atom. The average molecular weight is 536 g/mol. The fourth-order valence-electron chi connectivity index (χ4n) is 4.75. The van der Waals surface area contributed by atoms with Gasteiger partial charge in [-0.2, -0.15) is 0 Å². The SMILES string of the molecule is CC1CN(c2cc3c(Nc4ccc(Oc5ccc6c(c5)nnn6C)cc4)ncnc3cn2)C(=O)/C1=C/CN(C)C. The molecular formula is C29H29N9O2. The number of anilines is 3. The van der Waals surface area contributed by atoms with Crippen LogP contribution in [0.1, 0.15) is 6.92 Å². The lowest BCUT2D eigenvalue weighted by Gasteiger charge is -2.16. The van der Waals surface area contributed by atoms with Gasteiger partial charge in [0.1, 0.15) is 35.0 Å². The van der Waals surface area contributed by atoms with Crippen molar-refractivity contribution in [3.05, 3.63) is 72.7 Å². The summed E-state index contributed by atoms with van der Waals surface area (Å²) in [7, 11) is 5.83. The Morgan fingerprint density at radius 1 is 1.05 bits per heavy atom. The molecule has 40 heavy (non-hydrogen) atoms. The van der Waals surface area contributed by atoms with E-state index in [1.165, 1.54) is 6.33 Å². The smallest absolute Gasteiger partial charge is 0.255 e. The minimum Gasteiger partial charge on any atom is -0.457 e. The van der Waals surface area contributed by atoms with Gasteiger partial charge in [-0.25, -0.2) is 19.6 Å². The number of nitrogens with one attached hydrogen (secondary N) is 1. The Morgan fingerprint density at radius 2 is 1.85 bits per heavy atom. The number of hydrogen-bond acceptors (Lipinski definition) is 9. The average Bonchev–Trinajstić information content (AvgIpc) is 3.46. The van der Waals surface area contributed by atoms with Gasteiger partial charge in [0.05, 0.1) is 17.2 Å². The number of likely N-dealkylation sites (N-methyl/N-ethyl adjacent to an activating group) is 1. The highest BCUT2D eigenvalue weighted by molar-refractivity contribution is 6.09. The van der Waals surface area contributed by atoms with Crippen LogP contribution in [0.4, 0.5) is 17.3 Å². The zero-order valence-corrected chi connectivity index (χ0v) is 22.7. The molecule has 5 aromatic rings. The normalized spacial score (nSPS) is 16.5. The molecule has 0 spiro atoms. The van der Waals surface area contributed by atoms with Crippen LogP contribution in [0.2, 0.25) is 0 Å². The molecule has 11 heteroatoms. The molecule has 1 atom stereocenters. The third-order valence-corrected chi connectivity index (χ3v) is 6.87. The molecule has 4 heterocycles. The van der Waals surface area contributed by atoms with Gasteiger partial charge in [-0.3, -0.25) is 9.69 Å². The van der Waals surface area contributed by atoms with E-state index in [0.717, 1.165) is 27.7 Å². The van der Waals surface area contributed by atoms with E-state index in [9.17, 15) is 4.79 Å². The Bertz CT molecular complexity index is 1740. The van der Waals surface area contributed by atoms with E-state index in [0.29, 0.717) is 41.7 Å². The van der Waals surface area contributed by atoms with Crippen molar-refractivity contribution in [2.24, 2.45) is 13.0 Å². The first-order valence-corrected chi connectivity index (χ1v) is 13.0. The second-order valence-corrected chi connectivity index (χ2v) is 10.1. The zero-order valence-electron chi connectivity index (χ0n) is 22.7. The van der Waals surface area contributed by atoms with Gasteiger partial charge in [-0.1, -0.05) is 18.2 Å². The van der Waals surface area contributed by atoms with E-state index in [1.54, 1.807) is 15.8 Å². The molecule has 0 aliphatic carbocycles. The molecule has 0 saturated carbocycles. The fourth-order valence-corrected chi connectivity index (χ4v) is 4.75. The van der Waals surface area contributed by atoms with Crippen molar-refractivity contribution in [1.82, 2.24) is 34.8 Å². The van der Waals surface area contributed by atoms with Crippen molar-refractivity contribution in [3.8, 4) is 11.5 Å². The number of carbonyl (C=O) groups excluding carboxylic acids is 1. The highest BCUT2D eigenvalue weighted by Gasteiger charge is 2.33. The summed E-state index contributed by atoms with van der Waals surface area (Å²) in [4.78, 5) is 30.4. The molecule has 2 aromatic carbocycles. The number of amides is 1. The van der Waals surface area contributed by atoms with Gasteiger partial charge >= 0.3 is 0 Å². The summed E-state index contributed by atoms with van der Waals surface area (Å²) in [5.74, 6) is 2.69. The summed E-state index contributed by atoms with van der Waals surface area (Å²) in [6, 6.07) is 15.2. The first-order chi connectivity index (χ1) is 19.4. The standard InChI is InChI=1S/C29H29N9O2/c1-18-16-38(29(39)22(18)11-12-36(2)3)27-14-23-25(15-30-27)31-17-32-28(23)33-19-5-7-20(8-6-19)40-21-9-10-26-24(13-21)34-35-37(26)4/h5-11,13-15,17-18H,12,16H2,1-4H3,(H,31,32,33)/b22-11+. The Labute approximate surface area is 231 Å². The quantitative estimate of drug-likeness (QED) is 0.304. The van der Waals surface area contributed by atoms with E-state index in [1.807, 2.05) is 80.6 Å². The molecule has 6 rings (SSSR count). The van der Waals surface area contributed by atoms with Gasteiger partial charge < -0.3 is 15.0 Å². The fraction of sp³-hybridized carbons (Fsp3) is 0.241. The van der Waals surface area contributed by atoms with Crippen LogP contribution in [0, 0.1) is 5.92 Å². The Balaban J connectivity index is 1.21. The number of aryl methyl sites for hydroxylation is 1. The van der Waals surface area contributed by atoms with Crippen molar-refractivity contribution < 1.29 is 9.53 Å². The van der Waals surface area contributed by atoms with Crippen molar-refractivity contribution in [3.63, 3.8) is 0 Å². The van der Waals surface area contributed by atoms with Crippen LogP contribution in [-0.4, -0.2) is 67.9 Å². The van der Waals surface area contributed by atoms with Crippen molar-refractivity contribution in [2.75, 3.05) is 37.4 Å². The molecule has 1 saturated heterocycles. The van der Waals surface area contributed by atoms with Crippen LogP contribution in [0.5, 0.6) is 11.5 Å². The van der Waals surface area contributed by atoms with Crippen LogP contribution in [0.25, 0.3) is 21.9 Å². The summed E-state index contributed by atoms with van der Waals surface area (Å²) >= 11 is 0. The monoisotopic (exact) mass is 535 g/mol. The van der Waals surface area contributed by atoms with Gasteiger partial charge in [0, 0.05) is 48.8 Å². The molecule has 202 valence electrons. The maximum absolute atomic E-state index is 13.2. The van der Waals surface area contributed by atoms with Crippen LogP contribution in [0.15, 0.2) is 72.7 Å². The van der Waals surface area contributed by atoms with Gasteiger partial charge in [0.25, 0.3) is 5.91 Å². The van der Waals surface area contributed by atoms with Crippen LogP contribution >= 0.6 is 0 Å². The molecule has 1 aliphatic heterocycles. The Kier molecular flexibility index (Phi) is 6.56. The number of ether oxygens (including phenoxy) is 1. The minimum atomic E-state index is -0.0124. The minimum absolute atomic E-state index is 0.0124. The second kappa shape index (κ2) is 10.3. The number of rotatable bonds is 7. The van der Waals surface area contributed by atoms with Crippen molar-refractivity contribution in [1.29, 1.82) is 0 Å². The summed E-state index contributed by atoms with van der Waals surface area (Å²) in [6.07, 6.45) is 5.19. The molecule has 11 nitrogen and oxygen atoms in total. The summed E-state index contributed by atoms with van der Waals surface area (Å²) < 4.78 is 7.74. The zero-order chi connectivity index (χ0) is 27.8. The van der Waals surface area contributed by atoms with E-state index in [2.05, 4.69) is 37.5 Å². The summed E-state index contributed by atoms with van der Waals surface area (Å²) in [5, 5.41) is 12.3. The van der Waals surface area contributed by atoms with Gasteiger partial charge in [-0.05, 0) is 56.6 Å². The number of aromatic nitrogens is 6. The maximum Gasteiger partial charge on any atom is 0.255 e.